The lowest BCUT2D eigenvalue weighted by Gasteiger charge is -2.32. The van der Waals surface area contributed by atoms with Crippen molar-refractivity contribution in [3.05, 3.63) is 83.9 Å². The van der Waals surface area contributed by atoms with E-state index in [-0.39, 0.29) is 114 Å². The van der Waals surface area contributed by atoms with Crippen molar-refractivity contribution >= 4 is 106 Å². The van der Waals surface area contributed by atoms with Gasteiger partial charge in [0.1, 0.15) is 60.1 Å². The number of imidazole rings is 1. The standard InChI is InChI=1S/C63H98N20O13S2.C2H4O2/c1-35(2)28-45(57(92)76-42(52(65)87)21-26-97-4)75-50(86)33-73-54(89)46(30-38-17-19-40(85)20-18-38)80-58(93)47(29-37-12-7-6-8-13-37)81-55(90)44(22-27-98-5)78-60(95)49-16-11-25-83(49)61(96)51(36(3)84)82-56(91)43(15-10-24-72-63(68)69)77-59(94)48(31-39-32-70-34-74-39)79-53(88)41(64)14-9-23-71-62(66)67;1-2(3)4/h6-8,12-13,17-20,32,34-36,41-49,51,84-85H,9-11,14-16,21-31,33,64H2,1-5H3,(H2,65,87)(H,70,74)(H,73,89)(H,75,86)(H,76,92)(H,77,94)(H,78,95)(H,79,88)(H,80,93)(H,81,90)(H,82,91)(H4,66,67,71)(H4,68,69,72);1H3,(H,3,4). The molecule has 0 bridgehead atoms. The topological polar surface area (TPSA) is 587 Å². The molecule has 1 aromatic heterocycles. The van der Waals surface area contributed by atoms with Crippen molar-refractivity contribution < 1.29 is 72.9 Å². The zero-order valence-corrected chi connectivity index (χ0v) is 60.0. The van der Waals surface area contributed by atoms with Crippen molar-refractivity contribution in [3.63, 3.8) is 0 Å². The molecule has 0 spiro atoms. The number of aromatic amines is 1. The summed E-state index contributed by atoms with van der Waals surface area (Å²) in [6, 6.07) is 1.38. The van der Waals surface area contributed by atoms with E-state index in [2.05, 4.69) is 67.8 Å². The van der Waals surface area contributed by atoms with E-state index in [1.54, 1.807) is 36.6 Å². The molecule has 35 nitrogen and oxygen atoms in total. The predicted molar refractivity (Wildman–Crippen MR) is 385 cm³/mol. The average Bonchev–Trinajstić information content (AvgIpc) is 1.67. The van der Waals surface area contributed by atoms with Crippen molar-refractivity contribution in [1.82, 2.24) is 62.7 Å². The fraction of sp³-hybridized carbons (Fsp3) is 0.554. The number of guanidine groups is 2. The van der Waals surface area contributed by atoms with E-state index in [0.29, 0.717) is 34.7 Å². The third kappa shape index (κ3) is 32.7. The van der Waals surface area contributed by atoms with Crippen LogP contribution in [0, 0.1) is 5.92 Å². The Morgan fingerprint density at radius 1 is 0.618 bits per heavy atom. The molecule has 1 aliphatic heterocycles. The minimum Gasteiger partial charge on any atom is -0.508 e. The zero-order valence-electron chi connectivity index (χ0n) is 58.3. The fourth-order valence-electron chi connectivity index (χ4n) is 10.4. The van der Waals surface area contributed by atoms with Crippen molar-refractivity contribution in [1.29, 1.82) is 0 Å². The molecule has 11 amide bonds. The van der Waals surface area contributed by atoms with Crippen molar-refractivity contribution in [2.24, 2.45) is 50.3 Å². The molecule has 37 heteroatoms. The normalized spacial score (nSPS) is 15.3. The lowest BCUT2D eigenvalue weighted by Crippen LogP contribution is -2.62. The van der Waals surface area contributed by atoms with Gasteiger partial charge in [0.2, 0.25) is 65.0 Å². The number of likely N-dealkylation sites (tertiary alicyclic amines) is 1. The van der Waals surface area contributed by atoms with E-state index in [0.717, 1.165) is 6.92 Å². The average molecular weight is 1470 g/mol. The number of aliphatic imine (C=N–C) groups is 2. The number of phenolic OH excluding ortho intramolecular Hbond substituents is 1. The third-order valence-electron chi connectivity index (χ3n) is 15.6. The van der Waals surface area contributed by atoms with Gasteiger partial charge >= 0.3 is 0 Å². The zero-order chi connectivity index (χ0) is 76.0. The Labute approximate surface area is 600 Å². The number of benzene rings is 2. The number of carbonyl (C=O) groups is 12. The molecule has 564 valence electrons. The summed E-state index contributed by atoms with van der Waals surface area (Å²) in [4.78, 5) is 179. The summed E-state index contributed by atoms with van der Waals surface area (Å²) in [6.45, 7) is 5.53. The molecule has 1 fully saturated rings. The second-order valence-electron chi connectivity index (χ2n) is 24.6. The summed E-state index contributed by atoms with van der Waals surface area (Å²) in [5, 5.41) is 52.6. The number of nitrogens with two attached hydrogens (primary N) is 6. The van der Waals surface area contributed by atoms with Crippen LogP contribution in [0.4, 0.5) is 0 Å². The van der Waals surface area contributed by atoms with Gasteiger partial charge in [-0.05, 0) is 118 Å². The SMILES string of the molecule is CC(=O)O.CSCCC(NC(=O)C(CC(C)C)NC(=O)CNC(=O)C(Cc1ccc(O)cc1)NC(=O)C(Cc1ccccc1)NC(=O)C(CCSC)NC(=O)C1CCCN1C(=O)C(NC(=O)C(CCCN=C(N)N)NC(=O)C(Cc1cnc[nH]1)NC(=O)C(N)CCCN=C(N)N)C(C)O)C(N)=O. The Balaban J connectivity index is 0.00000657. The van der Waals surface area contributed by atoms with Crippen LogP contribution in [-0.4, -0.2) is 230 Å². The number of aliphatic hydroxyl groups is 1. The van der Waals surface area contributed by atoms with E-state index in [1.165, 1.54) is 72.1 Å². The summed E-state index contributed by atoms with van der Waals surface area (Å²) in [6.07, 6.45) is 5.72. The van der Waals surface area contributed by atoms with Gasteiger partial charge in [0.25, 0.3) is 5.97 Å². The van der Waals surface area contributed by atoms with E-state index in [4.69, 9.17) is 44.3 Å². The Morgan fingerprint density at radius 2 is 1.11 bits per heavy atom. The molecule has 0 aliphatic carbocycles. The molecule has 2 heterocycles. The number of aromatic hydroxyl groups is 1. The molecular weight excluding hydrogens is 1360 g/mol. The number of hydrogen-bond donors (Lipinski definition) is 19. The number of thioether (sulfide) groups is 2. The molecular formula is C65H102N20O15S2. The largest absolute Gasteiger partial charge is 0.508 e. The number of aliphatic carboxylic acids is 1. The van der Waals surface area contributed by atoms with Crippen LogP contribution in [0.15, 0.2) is 77.1 Å². The number of nitrogens with one attached hydrogen (secondary N) is 10. The van der Waals surface area contributed by atoms with Crippen molar-refractivity contribution in [3.8, 4) is 5.75 Å². The molecule has 1 saturated heterocycles. The summed E-state index contributed by atoms with van der Waals surface area (Å²) in [5.74, 6) is -9.29. The molecule has 2 aromatic carbocycles. The van der Waals surface area contributed by atoms with Crippen LogP contribution in [0.5, 0.6) is 5.75 Å². The van der Waals surface area contributed by atoms with Gasteiger partial charge in [-0.1, -0.05) is 56.3 Å². The Kier molecular flexibility index (Phi) is 38.9. The van der Waals surface area contributed by atoms with E-state index < -0.39 is 144 Å². The van der Waals surface area contributed by atoms with Gasteiger partial charge in [-0.25, -0.2) is 4.98 Å². The number of amides is 11. The lowest BCUT2D eigenvalue weighted by atomic mass is 10.0. The maximum atomic E-state index is 14.7. The molecule has 0 radical (unpaired) electrons. The van der Waals surface area contributed by atoms with Gasteiger partial charge in [-0.15, -0.1) is 0 Å². The number of primary amides is 1. The van der Waals surface area contributed by atoms with Gasteiger partial charge in [-0.2, -0.15) is 23.5 Å². The number of H-pyrrole nitrogens is 1. The van der Waals surface area contributed by atoms with Crippen LogP contribution in [0.1, 0.15) is 102 Å². The first-order chi connectivity index (χ1) is 48.3. The first kappa shape index (κ1) is 86.5. The van der Waals surface area contributed by atoms with Crippen LogP contribution in [0.2, 0.25) is 0 Å². The van der Waals surface area contributed by atoms with Crippen LogP contribution < -0.4 is 82.3 Å². The number of hydrogen-bond acceptors (Lipinski definition) is 20. The quantitative estimate of drug-likeness (QED) is 0.0146. The first-order valence-electron chi connectivity index (χ1n) is 33.1. The predicted octanol–water partition coefficient (Wildman–Crippen LogP) is -3.93. The van der Waals surface area contributed by atoms with Gasteiger partial charge < -0.3 is 107 Å². The highest BCUT2D eigenvalue weighted by molar-refractivity contribution is 7.98. The molecule has 1 aliphatic rings. The number of carboxylic acid groups (broad SMARTS) is 1. The lowest BCUT2D eigenvalue weighted by molar-refractivity contribution is -0.144. The van der Waals surface area contributed by atoms with Gasteiger partial charge in [0.15, 0.2) is 11.9 Å². The summed E-state index contributed by atoms with van der Waals surface area (Å²) in [5.41, 5.74) is 35.2. The fourth-order valence-corrected chi connectivity index (χ4v) is 11.4. The number of rotatable bonds is 43. The smallest absolute Gasteiger partial charge is 0.300 e. The first-order valence-corrected chi connectivity index (χ1v) is 35.9. The number of nitrogens with zero attached hydrogens (tertiary/aromatic N) is 4. The second kappa shape index (κ2) is 45.9. The maximum absolute atomic E-state index is 14.7. The van der Waals surface area contributed by atoms with Crippen molar-refractivity contribution in [2.45, 2.75) is 171 Å². The van der Waals surface area contributed by atoms with E-state index in [1.807, 2.05) is 20.1 Å². The number of phenols is 1. The number of carboxylic acids is 1. The summed E-state index contributed by atoms with van der Waals surface area (Å²) in [7, 11) is 0. The van der Waals surface area contributed by atoms with Gasteiger partial charge in [-0.3, -0.25) is 67.5 Å². The van der Waals surface area contributed by atoms with Crippen LogP contribution >= 0.6 is 23.5 Å². The highest BCUT2D eigenvalue weighted by atomic mass is 32.2. The highest BCUT2D eigenvalue weighted by Crippen LogP contribution is 2.21. The molecule has 4 rings (SSSR count). The minimum atomic E-state index is -1.70. The Hall–Kier alpha value is -9.75. The molecule has 11 unspecified atom stereocenters. The highest BCUT2D eigenvalue weighted by Gasteiger charge is 2.42. The van der Waals surface area contributed by atoms with E-state index >= 15 is 0 Å². The third-order valence-corrected chi connectivity index (χ3v) is 16.9. The Morgan fingerprint density at radius 3 is 1.65 bits per heavy atom. The number of aliphatic hydroxyl groups excluding tert-OH is 1. The molecule has 102 heavy (non-hydrogen) atoms. The molecule has 11 atom stereocenters. The van der Waals surface area contributed by atoms with Crippen LogP contribution in [0.3, 0.4) is 0 Å². The minimum absolute atomic E-state index is 0.0160. The molecule has 3 aromatic rings. The summed E-state index contributed by atoms with van der Waals surface area (Å²) < 4.78 is 0. The van der Waals surface area contributed by atoms with Crippen molar-refractivity contribution in [2.75, 3.05) is 50.2 Å². The molecule has 25 N–H and O–H groups in total. The molecule has 0 saturated carbocycles. The Bertz CT molecular complexity index is 3270. The number of carbonyl (C=O) groups excluding carboxylic acids is 11. The maximum Gasteiger partial charge on any atom is 0.300 e. The van der Waals surface area contributed by atoms with Gasteiger partial charge in [0, 0.05) is 57.7 Å². The summed E-state index contributed by atoms with van der Waals surface area (Å²) >= 11 is 2.81. The number of aromatic nitrogens is 2. The van der Waals surface area contributed by atoms with Crippen LogP contribution in [0.25, 0.3) is 0 Å². The van der Waals surface area contributed by atoms with Gasteiger partial charge in [0.05, 0.1) is 25.0 Å². The second-order valence-corrected chi connectivity index (χ2v) is 26.6. The monoisotopic (exact) mass is 1470 g/mol. The van der Waals surface area contributed by atoms with Crippen LogP contribution in [-0.2, 0) is 76.8 Å². The van der Waals surface area contributed by atoms with E-state index in [9.17, 15) is 63.0 Å².